The maximum Gasteiger partial charge on any atom is 0.332 e. The minimum absolute atomic E-state index is 0.0238. The number of hydrogen-bond acceptors (Lipinski definition) is 3. The summed E-state index contributed by atoms with van der Waals surface area (Å²) in [7, 11) is 0. The smallest absolute Gasteiger partial charge is 0.332 e. The van der Waals surface area contributed by atoms with E-state index in [0.29, 0.717) is 12.5 Å². The predicted octanol–water partition coefficient (Wildman–Crippen LogP) is 1.58. The number of ether oxygens (including phenoxy) is 2. The highest BCUT2D eigenvalue weighted by Crippen LogP contribution is 2.06. The van der Waals surface area contributed by atoms with Crippen molar-refractivity contribution in [3.05, 3.63) is 0 Å². The fourth-order valence-corrected chi connectivity index (χ4v) is 0.690. The van der Waals surface area contributed by atoms with E-state index in [2.05, 4.69) is 0 Å². The Bertz CT molecular complexity index is 140. The van der Waals surface area contributed by atoms with Crippen molar-refractivity contribution in [2.45, 2.75) is 26.4 Å². The van der Waals surface area contributed by atoms with E-state index in [1.165, 1.54) is 0 Å². The molecule has 0 aromatic carbocycles. The fourth-order valence-electron chi connectivity index (χ4n) is 0.581. The molecule has 0 bridgehead atoms. The van der Waals surface area contributed by atoms with E-state index < -0.39 is 5.60 Å². The second-order valence-electron chi connectivity index (χ2n) is 3.33. The van der Waals surface area contributed by atoms with Crippen LogP contribution in [-0.4, -0.2) is 30.7 Å². The standard InChI is InChI=1S/C8H15ClO3/c1-8(2,3)12-7(10)6-11-5-4-9/h4-6H2,1-3H3. The molecule has 0 aromatic rings. The highest BCUT2D eigenvalue weighted by molar-refractivity contribution is 6.17. The van der Waals surface area contributed by atoms with E-state index in [1.54, 1.807) is 0 Å². The molecule has 0 heterocycles. The SMILES string of the molecule is CC(C)(C)OC(=O)COCCCl. The molecule has 0 unspecified atom stereocenters. The number of esters is 1. The first-order chi connectivity index (χ1) is 5.45. The Morgan fingerprint density at radius 3 is 2.42 bits per heavy atom. The van der Waals surface area contributed by atoms with Crippen molar-refractivity contribution in [1.29, 1.82) is 0 Å². The minimum Gasteiger partial charge on any atom is -0.458 e. The zero-order valence-electron chi connectivity index (χ0n) is 7.72. The Balaban J connectivity index is 3.47. The first-order valence-electron chi connectivity index (χ1n) is 3.81. The lowest BCUT2D eigenvalue weighted by molar-refractivity contribution is -0.159. The predicted molar refractivity (Wildman–Crippen MR) is 47.4 cm³/mol. The van der Waals surface area contributed by atoms with Gasteiger partial charge in [-0.15, -0.1) is 11.6 Å². The van der Waals surface area contributed by atoms with Crippen molar-refractivity contribution in [1.82, 2.24) is 0 Å². The summed E-state index contributed by atoms with van der Waals surface area (Å²) in [5.74, 6) is 0.0376. The summed E-state index contributed by atoms with van der Waals surface area (Å²) in [5.41, 5.74) is -0.443. The molecular weight excluding hydrogens is 180 g/mol. The summed E-state index contributed by atoms with van der Waals surface area (Å²) in [6.07, 6.45) is 0. The zero-order chi connectivity index (χ0) is 9.61. The molecule has 0 saturated heterocycles. The second-order valence-corrected chi connectivity index (χ2v) is 3.71. The molecule has 72 valence electrons. The molecule has 4 heteroatoms. The summed E-state index contributed by atoms with van der Waals surface area (Å²) < 4.78 is 9.86. The third kappa shape index (κ3) is 7.82. The topological polar surface area (TPSA) is 35.5 Å². The Labute approximate surface area is 78.0 Å². The van der Waals surface area contributed by atoms with E-state index in [0.717, 1.165) is 0 Å². The first-order valence-corrected chi connectivity index (χ1v) is 4.35. The van der Waals surface area contributed by atoms with Gasteiger partial charge in [-0.2, -0.15) is 0 Å². The van der Waals surface area contributed by atoms with Crippen LogP contribution in [-0.2, 0) is 14.3 Å². The van der Waals surface area contributed by atoms with Gasteiger partial charge in [-0.3, -0.25) is 0 Å². The summed E-state index contributed by atoms with van der Waals surface area (Å²) in [5, 5.41) is 0. The van der Waals surface area contributed by atoms with Gasteiger partial charge in [-0.25, -0.2) is 4.79 Å². The van der Waals surface area contributed by atoms with Gasteiger partial charge < -0.3 is 9.47 Å². The molecule has 0 saturated carbocycles. The van der Waals surface area contributed by atoms with Gasteiger partial charge in [-0.1, -0.05) is 0 Å². The molecular formula is C8H15ClO3. The molecule has 0 aliphatic rings. The van der Waals surface area contributed by atoms with Crippen LogP contribution >= 0.6 is 11.6 Å². The van der Waals surface area contributed by atoms with Gasteiger partial charge in [0.15, 0.2) is 0 Å². The molecule has 0 atom stereocenters. The molecule has 12 heavy (non-hydrogen) atoms. The van der Waals surface area contributed by atoms with E-state index in [4.69, 9.17) is 21.1 Å². The lowest BCUT2D eigenvalue weighted by atomic mass is 10.2. The van der Waals surface area contributed by atoms with Gasteiger partial charge in [0.25, 0.3) is 0 Å². The molecule has 3 nitrogen and oxygen atoms in total. The fraction of sp³-hybridized carbons (Fsp3) is 0.875. The van der Waals surface area contributed by atoms with E-state index in [-0.39, 0.29) is 12.6 Å². The first kappa shape index (κ1) is 11.7. The van der Waals surface area contributed by atoms with Crippen LogP contribution in [0.3, 0.4) is 0 Å². The molecule has 0 radical (unpaired) electrons. The van der Waals surface area contributed by atoms with Crippen LogP contribution in [0.15, 0.2) is 0 Å². The maximum absolute atomic E-state index is 10.9. The summed E-state index contributed by atoms with van der Waals surface area (Å²) in [4.78, 5) is 10.9. The molecule has 0 rings (SSSR count). The molecule has 0 amide bonds. The number of hydrogen-bond donors (Lipinski definition) is 0. The van der Waals surface area contributed by atoms with Crippen LogP contribution in [0, 0.1) is 0 Å². The van der Waals surface area contributed by atoms with Crippen molar-refractivity contribution in [2.75, 3.05) is 19.1 Å². The summed E-state index contributed by atoms with van der Waals surface area (Å²) >= 11 is 5.34. The van der Waals surface area contributed by atoms with Crippen LogP contribution in [0.2, 0.25) is 0 Å². The Hall–Kier alpha value is -0.280. The highest BCUT2D eigenvalue weighted by Gasteiger charge is 2.15. The lowest BCUT2D eigenvalue weighted by Crippen LogP contribution is -2.26. The van der Waals surface area contributed by atoms with Gasteiger partial charge in [-0.05, 0) is 20.8 Å². The van der Waals surface area contributed by atoms with Gasteiger partial charge in [0.05, 0.1) is 6.61 Å². The maximum atomic E-state index is 10.9. The third-order valence-corrected chi connectivity index (χ3v) is 1.02. The second kappa shape index (κ2) is 5.38. The van der Waals surface area contributed by atoms with E-state index in [9.17, 15) is 4.79 Å². The lowest BCUT2D eigenvalue weighted by Gasteiger charge is -2.19. The molecule has 0 aliphatic heterocycles. The average Bonchev–Trinajstić information content (AvgIpc) is 1.84. The van der Waals surface area contributed by atoms with Crippen molar-refractivity contribution >= 4 is 17.6 Å². The number of carbonyl (C=O) groups excluding carboxylic acids is 1. The largest absolute Gasteiger partial charge is 0.458 e. The van der Waals surface area contributed by atoms with Gasteiger partial charge >= 0.3 is 5.97 Å². The highest BCUT2D eigenvalue weighted by atomic mass is 35.5. The number of carbonyl (C=O) groups is 1. The monoisotopic (exact) mass is 194 g/mol. The van der Waals surface area contributed by atoms with Crippen LogP contribution in [0.25, 0.3) is 0 Å². The van der Waals surface area contributed by atoms with Crippen LogP contribution in [0.5, 0.6) is 0 Å². The molecule has 0 fully saturated rings. The Morgan fingerprint density at radius 2 is 2.00 bits per heavy atom. The quantitative estimate of drug-likeness (QED) is 0.387. The number of halogens is 1. The number of rotatable bonds is 4. The van der Waals surface area contributed by atoms with E-state index >= 15 is 0 Å². The van der Waals surface area contributed by atoms with Crippen LogP contribution < -0.4 is 0 Å². The Kier molecular flexibility index (Phi) is 5.25. The van der Waals surface area contributed by atoms with Crippen molar-refractivity contribution < 1.29 is 14.3 Å². The third-order valence-electron chi connectivity index (χ3n) is 0.861. The van der Waals surface area contributed by atoms with Crippen LogP contribution in [0.1, 0.15) is 20.8 Å². The van der Waals surface area contributed by atoms with Gasteiger partial charge in [0.1, 0.15) is 12.2 Å². The Morgan fingerprint density at radius 1 is 1.42 bits per heavy atom. The molecule has 0 aromatic heterocycles. The van der Waals surface area contributed by atoms with Crippen molar-refractivity contribution in [2.24, 2.45) is 0 Å². The molecule has 0 N–H and O–H groups in total. The molecule has 0 spiro atoms. The summed E-state index contributed by atoms with van der Waals surface area (Å²) in [6.45, 7) is 5.79. The molecule has 0 aliphatic carbocycles. The summed E-state index contributed by atoms with van der Waals surface area (Å²) in [6, 6.07) is 0. The van der Waals surface area contributed by atoms with Crippen LogP contribution in [0.4, 0.5) is 0 Å². The van der Waals surface area contributed by atoms with Gasteiger partial charge in [0, 0.05) is 5.88 Å². The van der Waals surface area contributed by atoms with Gasteiger partial charge in [0.2, 0.25) is 0 Å². The number of alkyl halides is 1. The average molecular weight is 195 g/mol. The zero-order valence-corrected chi connectivity index (χ0v) is 8.48. The minimum atomic E-state index is -0.443. The normalized spacial score (nSPS) is 11.3. The van der Waals surface area contributed by atoms with Crippen molar-refractivity contribution in [3.8, 4) is 0 Å². The van der Waals surface area contributed by atoms with Crippen molar-refractivity contribution in [3.63, 3.8) is 0 Å². The van der Waals surface area contributed by atoms with E-state index in [1.807, 2.05) is 20.8 Å².